The van der Waals surface area contributed by atoms with Crippen molar-refractivity contribution >= 4 is 33.3 Å². The molecule has 2 heterocycles. The summed E-state index contributed by atoms with van der Waals surface area (Å²) >= 11 is 1.50. The number of pyridine rings is 1. The predicted octanol–water partition coefficient (Wildman–Crippen LogP) is 4.40. The van der Waals surface area contributed by atoms with Gasteiger partial charge in [0.2, 0.25) is 5.13 Å². The minimum absolute atomic E-state index is 0.0837. The van der Waals surface area contributed by atoms with Crippen LogP contribution >= 0.6 is 11.3 Å². The van der Waals surface area contributed by atoms with E-state index in [9.17, 15) is 4.79 Å². The van der Waals surface area contributed by atoms with E-state index in [1.165, 1.54) is 24.2 Å². The topological polar surface area (TPSA) is 67.8 Å². The summed E-state index contributed by atoms with van der Waals surface area (Å²) in [5.74, 6) is 0.468. The van der Waals surface area contributed by atoms with Crippen molar-refractivity contribution in [1.82, 2.24) is 15.2 Å². The van der Waals surface area contributed by atoms with Crippen LogP contribution in [0.4, 0.5) is 5.13 Å². The second kappa shape index (κ2) is 6.13. The molecule has 1 saturated carbocycles. The Kier molecular flexibility index (Phi) is 3.74. The number of fused-ring (bicyclic) bond motifs is 2. The molecule has 2 aromatic heterocycles. The first-order chi connectivity index (χ1) is 12.7. The maximum absolute atomic E-state index is 13.2. The Bertz CT molecular complexity index is 1020. The zero-order valence-corrected chi connectivity index (χ0v) is 15.5. The zero-order valence-electron chi connectivity index (χ0n) is 14.7. The number of amides is 1. The smallest absolute Gasteiger partial charge is 0.258 e. The molecule has 1 amide bonds. The molecule has 0 aliphatic heterocycles. The molecule has 2 aliphatic carbocycles. The molecule has 2 aliphatic rings. The standard InChI is InChI=1S/C20H20N4OS/c1-11-6-9-16-14(10-11)17(13-4-2-3-5-15(13)21-16)18(25)22-20-24-23-19(26-20)12-7-8-12/h6,9-10,12H,2-5,7-8H2,1H3,(H,22,24,25). The van der Waals surface area contributed by atoms with E-state index in [-0.39, 0.29) is 5.91 Å². The molecule has 1 N–H and O–H groups in total. The largest absolute Gasteiger partial charge is 0.296 e. The van der Waals surface area contributed by atoms with E-state index < -0.39 is 0 Å². The fourth-order valence-corrected chi connectivity index (χ4v) is 4.64. The molecule has 26 heavy (non-hydrogen) atoms. The Morgan fingerprint density at radius 1 is 1.19 bits per heavy atom. The van der Waals surface area contributed by atoms with Crippen LogP contribution in [0.15, 0.2) is 18.2 Å². The minimum atomic E-state index is -0.0837. The quantitative estimate of drug-likeness (QED) is 0.748. The van der Waals surface area contributed by atoms with Crippen LogP contribution in [0.5, 0.6) is 0 Å². The van der Waals surface area contributed by atoms with Crippen molar-refractivity contribution in [3.8, 4) is 0 Å². The van der Waals surface area contributed by atoms with Gasteiger partial charge in [0, 0.05) is 17.0 Å². The number of nitrogens with zero attached hydrogens (tertiary/aromatic N) is 3. The van der Waals surface area contributed by atoms with Gasteiger partial charge in [0.05, 0.1) is 11.1 Å². The van der Waals surface area contributed by atoms with Gasteiger partial charge < -0.3 is 0 Å². The van der Waals surface area contributed by atoms with Crippen LogP contribution in [0.3, 0.4) is 0 Å². The van der Waals surface area contributed by atoms with E-state index >= 15 is 0 Å². The van der Waals surface area contributed by atoms with Crippen LogP contribution in [-0.2, 0) is 12.8 Å². The number of anilines is 1. The average molecular weight is 364 g/mol. The van der Waals surface area contributed by atoms with Crippen molar-refractivity contribution in [2.24, 2.45) is 0 Å². The lowest BCUT2D eigenvalue weighted by atomic mass is 9.89. The van der Waals surface area contributed by atoms with Crippen LogP contribution in [-0.4, -0.2) is 21.1 Å². The minimum Gasteiger partial charge on any atom is -0.296 e. The van der Waals surface area contributed by atoms with E-state index in [0.29, 0.717) is 11.0 Å². The average Bonchev–Trinajstić information content (AvgIpc) is 3.39. The zero-order chi connectivity index (χ0) is 17.7. The van der Waals surface area contributed by atoms with Gasteiger partial charge in [0.25, 0.3) is 5.91 Å². The SMILES string of the molecule is Cc1ccc2nc3c(c(C(=O)Nc4nnc(C5CC5)s4)c2c1)CCCC3. The Morgan fingerprint density at radius 2 is 2.04 bits per heavy atom. The molecule has 5 nitrogen and oxygen atoms in total. The molecule has 1 fully saturated rings. The molecule has 0 saturated heterocycles. The van der Waals surface area contributed by atoms with Crippen molar-refractivity contribution in [1.29, 1.82) is 0 Å². The van der Waals surface area contributed by atoms with E-state index in [4.69, 9.17) is 4.98 Å². The number of nitrogens with one attached hydrogen (secondary N) is 1. The Hall–Kier alpha value is -2.34. The molecular weight excluding hydrogens is 344 g/mol. The van der Waals surface area contributed by atoms with Crippen LogP contribution in [0.25, 0.3) is 10.9 Å². The molecule has 0 radical (unpaired) electrons. The summed E-state index contributed by atoms with van der Waals surface area (Å²) in [6, 6.07) is 6.15. The summed E-state index contributed by atoms with van der Waals surface area (Å²) in [6.45, 7) is 2.05. The summed E-state index contributed by atoms with van der Waals surface area (Å²) in [6.07, 6.45) is 6.48. The number of carbonyl (C=O) groups is 1. The summed E-state index contributed by atoms with van der Waals surface area (Å²) in [4.78, 5) is 18.0. The predicted molar refractivity (Wildman–Crippen MR) is 103 cm³/mol. The van der Waals surface area contributed by atoms with Crippen LogP contribution in [0.2, 0.25) is 0 Å². The second-order valence-electron chi connectivity index (χ2n) is 7.31. The van der Waals surface area contributed by atoms with Gasteiger partial charge in [-0.2, -0.15) is 0 Å². The summed E-state index contributed by atoms with van der Waals surface area (Å²) in [5, 5.41) is 14.0. The Balaban J connectivity index is 1.58. The van der Waals surface area contributed by atoms with Crippen molar-refractivity contribution in [2.75, 3.05) is 5.32 Å². The van der Waals surface area contributed by atoms with Crippen molar-refractivity contribution in [3.63, 3.8) is 0 Å². The molecule has 0 bridgehead atoms. The first-order valence-electron chi connectivity index (χ1n) is 9.26. The van der Waals surface area contributed by atoms with Crippen molar-refractivity contribution in [2.45, 2.75) is 51.4 Å². The molecule has 3 aromatic rings. The molecule has 132 valence electrons. The molecule has 5 rings (SSSR count). The van der Waals surface area contributed by atoms with E-state index in [2.05, 4.69) is 27.6 Å². The lowest BCUT2D eigenvalue weighted by Crippen LogP contribution is -2.19. The normalized spacial score (nSPS) is 16.5. The lowest BCUT2D eigenvalue weighted by Gasteiger charge is -2.20. The maximum atomic E-state index is 13.2. The number of hydrogen-bond acceptors (Lipinski definition) is 5. The van der Waals surface area contributed by atoms with Crippen LogP contribution in [0, 0.1) is 6.92 Å². The molecule has 0 spiro atoms. The van der Waals surface area contributed by atoms with Gasteiger partial charge in [-0.1, -0.05) is 23.0 Å². The number of benzene rings is 1. The van der Waals surface area contributed by atoms with Gasteiger partial charge in [0.15, 0.2) is 0 Å². The fraction of sp³-hybridized carbons (Fsp3) is 0.400. The lowest BCUT2D eigenvalue weighted by molar-refractivity contribution is 0.102. The maximum Gasteiger partial charge on any atom is 0.258 e. The third-order valence-corrected chi connectivity index (χ3v) is 6.23. The monoisotopic (exact) mass is 364 g/mol. The Labute approximate surface area is 155 Å². The van der Waals surface area contributed by atoms with E-state index in [1.54, 1.807) is 0 Å². The Morgan fingerprint density at radius 3 is 2.88 bits per heavy atom. The molecule has 0 atom stereocenters. The highest BCUT2D eigenvalue weighted by Gasteiger charge is 2.28. The molecule has 1 aromatic carbocycles. The third kappa shape index (κ3) is 2.78. The van der Waals surface area contributed by atoms with Crippen LogP contribution in [0.1, 0.15) is 63.8 Å². The molecule has 0 unspecified atom stereocenters. The second-order valence-corrected chi connectivity index (χ2v) is 8.32. The third-order valence-electron chi connectivity index (χ3n) is 5.23. The van der Waals surface area contributed by atoms with Gasteiger partial charge >= 0.3 is 0 Å². The van der Waals surface area contributed by atoms with Gasteiger partial charge in [-0.25, -0.2) is 0 Å². The van der Waals surface area contributed by atoms with Crippen molar-refractivity contribution in [3.05, 3.63) is 45.6 Å². The number of hydrogen-bond donors (Lipinski definition) is 1. The number of aromatic nitrogens is 3. The molecule has 6 heteroatoms. The number of carbonyl (C=O) groups excluding carboxylic acids is 1. The summed E-state index contributed by atoms with van der Waals surface area (Å²) in [5.41, 5.74) is 5.00. The number of aryl methyl sites for hydroxylation is 2. The van der Waals surface area contributed by atoms with Gasteiger partial charge in [-0.3, -0.25) is 15.1 Å². The highest BCUT2D eigenvalue weighted by molar-refractivity contribution is 7.15. The first kappa shape index (κ1) is 15.9. The van der Waals surface area contributed by atoms with Crippen molar-refractivity contribution < 1.29 is 4.79 Å². The van der Waals surface area contributed by atoms with Gasteiger partial charge in [-0.05, 0) is 63.1 Å². The van der Waals surface area contributed by atoms with E-state index in [0.717, 1.165) is 64.0 Å². The van der Waals surface area contributed by atoms with Gasteiger partial charge in [0.1, 0.15) is 5.01 Å². The number of rotatable bonds is 3. The van der Waals surface area contributed by atoms with Crippen LogP contribution < -0.4 is 5.32 Å². The molecular formula is C20H20N4OS. The van der Waals surface area contributed by atoms with Gasteiger partial charge in [-0.15, -0.1) is 10.2 Å². The fourth-order valence-electron chi connectivity index (χ4n) is 3.74. The first-order valence-corrected chi connectivity index (χ1v) is 10.1. The highest BCUT2D eigenvalue weighted by Crippen LogP contribution is 2.42. The highest BCUT2D eigenvalue weighted by atomic mass is 32.1. The summed E-state index contributed by atoms with van der Waals surface area (Å²) < 4.78 is 0. The van der Waals surface area contributed by atoms with E-state index in [1.807, 2.05) is 13.0 Å². The summed E-state index contributed by atoms with van der Waals surface area (Å²) in [7, 11) is 0.